The lowest BCUT2D eigenvalue weighted by Gasteiger charge is -2.11. The molecule has 0 aromatic heterocycles. The van der Waals surface area contributed by atoms with Gasteiger partial charge in [0, 0.05) is 0 Å². The highest BCUT2D eigenvalue weighted by Gasteiger charge is 2.28. The second-order valence-electron chi connectivity index (χ2n) is 5.86. The molecule has 0 unspecified atom stereocenters. The van der Waals surface area contributed by atoms with Gasteiger partial charge < -0.3 is 4.74 Å². The van der Waals surface area contributed by atoms with Crippen molar-refractivity contribution in [3.05, 3.63) is 63.6 Å². The number of para-hydroxylation sites is 1. The predicted molar refractivity (Wildman–Crippen MR) is 107 cm³/mol. The van der Waals surface area contributed by atoms with Gasteiger partial charge in [-0.25, -0.2) is 0 Å². The van der Waals surface area contributed by atoms with E-state index < -0.39 is 0 Å². The van der Waals surface area contributed by atoms with Crippen molar-refractivity contribution < 1.29 is 9.53 Å². The highest BCUT2D eigenvalue weighted by molar-refractivity contribution is 6.37. The number of amides is 1. The van der Waals surface area contributed by atoms with E-state index in [4.69, 9.17) is 27.9 Å². The van der Waals surface area contributed by atoms with Crippen LogP contribution in [0.4, 0.5) is 5.69 Å². The van der Waals surface area contributed by atoms with Crippen molar-refractivity contribution in [2.24, 2.45) is 5.10 Å². The molecule has 0 atom stereocenters. The van der Waals surface area contributed by atoms with Gasteiger partial charge >= 0.3 is 0 Å². The molecular weight excluding hydrogens is 371 g/mol. The van der Waals surface area contributed by atoms with E-state index in [1.165, 1.54) is 5.01 Å². The van der Waals surface area contributed by atoms with E-state index in [2.05, 4.69) is 5.10 Å². The number of hydrazone groups is 1. The molecule has 0 fully saturated rings. The standard InChI is InChI=1S/C20H18Cl2N2O2/c1-3-9-26-19-17(21)11-14(12-18(19)22)10-16-13(2)23-24(20(16)25)15-7-5-4-6-8-15/h4-8,10-12H,3,9H2,1-2H3/b16-10+. The molecule has 1 amide bonds. The van der Waals surface area contributed by atoms with E-state index in [0.717, 1.165) is 17.7 Å². The van der Waals surface area contributed by atoms with E-state index in [1.807, 2.05) is 37.3 Å². The molecule has 2 aromatic carbocycles. The van der Waals surface area contributed by atoms with Gasteiger partial charge in [-0.05, 0) is 49.2 Å². The third-order valence-electron chi connectivity index (χ3n) is 3.85. The summed E-state index contributed by atoms with van der Waals surface area (Å²) in [5.41, 5.74) is 2.58. The van der Waals surface area contributed by atoms with Crippen molar-refractivity contribution in [3.63, 3.8) is 0 Å². The van der Waals surface area contributed by atoms with Crippen LogP contribution in [-0.4, -0.2) is 18.2 Å². The van der Waals surface area contributed by atoms with Gasteiger partial charge in [-0.3, -0.25) is 4.79 Å². The lowest BCUT2D eigenvalue weighted by molar-refractivity contribution is -0.114. The predicted octanol–water partition coefficient (Wildman–Crippen LogP) is 5.59. The maximum Gasteiger partial charge on any atom is 0.280 e. The normalized spacial score (nSPS) is 15.5. The minimum Gasteiger partial charge on any atom is -0.490 e. The van der Waals surface area contributed by atoms with Crippen molar-refractivity contribution in [1.82, 2.24) is 0 Å². The van der Waals surface area contributed by atoms with Crippen LogP contribution in [0.5, 0.6) is 5.75 Å². The minimum atomic E-state index is -0.188. The average Bonchev–Trinajstić information content (AvgIpc) is 2.90. The Kier molecular flexibility index (Phi) is 5.64. The first kappa shape index (κ1) is 18.5. The number of carbonyl (C=O) groups is 1. The summed E-state index contributed by atoms with van der Waals surface area (Å²) in [6.45, 7) is 4.34. The fraction of sp³-hybridized carbons (Fsp3) is 0.200. The lowest BCUT2D eigenvalue weighted by Crippen LogP contribution is -2.21. The second-order valence-corrected chi connectivity index (χ2v) is 6.67. The van der Waals surface area contributed by atoms with Crippen molar-refractivity contribution >= 4 is 46.6 Å². The van der Waals surface area contributed by atoms with Crippen LogP contribution in [0.25, 0.3) is 6.08 Å². The van der Waals surface area contributed by atoms with Crippen LogP contribution in [0.15, 0.2) is 53.1 Å². The van der Waals surface area contributed by atoms with Crippen molar-refractivity contribution in [2.45, 2.75) is 20.3 Å². The molecule has 134 valence electrons. The molecule has 0 bridgehead atoms. The first-order valence-electron chi connectivity index (χ1n) is 8.30. The van der Waals surface area contributed by atoms with E-state index in [-0.39, 0.29) is 5.91 Å². The zero-order valence-corrected chi connectivity index (χ0v) is 16.0. The molecule has 4 nitrogen and oxygen atoms in total. The van der Waals surface area contributed by atoms with Gasteiger partial charge in [0.25, 0.3) is 5.91 Å². The summed E-state index contributed by atoms with van der Waals surface area (Å²) in [6.07, 6.45) is 2.60. The number of hydrogen-bond donors (Lipinski definition) is 0. The number of hydrogen-bond acceptors (Lipinski definition) is 3. The Labute approximate surface area is 162 Å². The first-order chi connectivity index (χ1) is 12.5. The molecule has 0 aliphatic carbocycles. The van der Waals surface area contributed by atoms with Crippen LogP contribution in [0.2, 0.25) is 10.0 Å². The Balaban J connectivity index is 1.91. The molecule has 1 aliphatic rings. The van der Waals surface area contributed by atoms with Gasteiger partial charge in [0.1, 0.15) is 0 Å². The number of ether oxygens (including phenoxy) is 1. The Morgan fingerprint density at radius 3 is 2.42 bits per heavy atom. The molecule has 0 saturated carbocycles. The number of nitrogens with zero attached hydrogens (tertiary/aromatic N) is 2. The number of rotatable bonds is 5. The number of benzene rings is 2. The Morgan fingerprint density at radius 2 is 1.81 bits per heavy atom. The Morgan fingerprint density at radius 1 is 1.15 bits per heavy atom. The molecule has 2 aromatic rings. The van der Waals surface area contributed by atoms with Gasteiger partial charge in [-0.2, -0.15) is 10.1 Å². The summed E-state index contributed by atoms with van der Waals surface area (Å²) in [4.78, 5) is 12.8. The number of halogens is 2. The smallest absolute Gasteiger partial charge is 0.280 e. The van der Waals surface area contributed by atoms with Crippen LogP contribution < -0.4 is 9.75 Å². The molecule has 0 radical (unpaired) electrons. The summed E-state index contributed by atoms with van der Waals surface area (Å²) in [5, 5.41) is 6.58. The molecule has 1 heterocycles. The number of anilines is 1. The zero-order chi connectivity index (χ0) is 18.7. The molecule has 26 heavy (non-hydrogen) atoms. The maximum absolute atomic E-state index is 12.8. The van der Waals surface area contributed by atoms with E-state index >= 15 is 0 Å². The third kappa shape index (κ3) is 3.76. The van der Waals surface area contributed by atoms with Gasteiger partial charge in [-0.15, -0.1) is 0 Å². The van der Waals surface area contributed by atoms with E-state index in [1.54, 1.807) is 25.1 Å². The topological polar surface area (TPSA) is 41.9 Å². The SMILES string of the molecule is CCCOc1c(Cl)cc(/C=C2/C(=O)N(c3ccccc3)N=C2C)cc1Cl. The van der Waals surface area contributed by atoms with Crippen LogP contribution >= 0.6 is 23.2 Å². The molecule has 0 saturated heterocycles. The average molecular weight is 389 g/mol. The first-order valence-corrected chi connectivity index (χ1v) is 9.05. The highest BCUT2D eigenvalue weighted by atomic mass is 35.5. The lowest BCUT2D eigenvalue weighted by atomic mass is 10.1. The Bertz CT molecular complexity index is 869. The zero-order valence-electron chi connectivity index (χ0n) is 14.5. The molecule has 6 heteroatoms. The molecule has 0 spiro atoms. The van der Waals surface area contributed by atoms with Crippen molar-refractivity contribution in [1.29, 1.82) is 0 Å². The van der Waals surface area contributed by atoms with Gasteiger partial charge in [0.2, 0.25) is 0 Å². The second kappa shape index (κ2) is 7.94. The largest absolute Gasteiger partial charge is 0.490 e. The number of carbonyl (C=O) groups excluding carboxylic acids is 1. The van der Waals surface area contributed by atoms with Crippen molar-refractivity contribution in [2.75, 3.05) is 11.6 Å². The molecule has 1 aliphatic heterocycles. The monoisotopic (exact) mass is 388 g/mol. The summed E-state index contributed by atoms with van der Waals surface area (Å²) in [7, 11) is 0. The molecular formula is C20H18Cl2N2O2. The fourth-order valence-electron chi connectivity index (χ4n) is 2.60. The summed E-state index contributed by atoms with van der Waals surface area (Å²) in [5.74, 6) is 0.277. The molecule has 3 rings (SSSR count). The minimum absolute atomic E-state index is 0.188. The van der Waals surface area contributed by atoms with Gasteiger partial charge in [0.05, 0.1) is 33.6 Å². The summed E-state index contributed by atoms with van der Waals surface area (Å²) < 4.78 is 5.58. The highest BCUT2D eigenvalue weighted by Crippen LogP contribution is 2.35. The van der Waals surface area contributed by atoms with Gasteiger partial charge in [-0.1, -0.05) is 48.3 Å². The quantitative estimate of drug-likeness (QED) is 0.626. The van der Waals surface area contributed by atoms with Gasteiger partial charge in [0.15, 0.2) is 5.75 Å². The van der Waals surface area contributed by atoms with Crippen LogP contribution in [0, 0.1) is 0 Å². The van der Waals surface area contributed by atoms with E-state index in [0.29, 0.717) is 33.7 Å². The fourth-order valence-corrected chi connectivity index (χ4v) is 3.21. The van der Waals surface area contributed by atoms with E-state index in [9.17, 15) is 4.79 Å². The molecule has 0 N–H and O–H groups in total. The summed E-state index contributed by atoms with van der Waals surface area (Å²) >= 11 is 12.6. The maximum atomic E-state index is 12.8. The van der Waals surface area contributed by atoms with Crippen LogP contribution in [0.3, 0.4) is 0 Å². The van der Waals surface area contributed by atoms with Crippen molar-refractivity contribution in [3.8, 4) is 5.75 Å². The van der Waals surface area contributed by atoms with Crippen LogP contribution in [-0.2, 0) is 4.79 Å². The van der Waals surface area contributed by atoms with Crippen LogP contribution in [0.1, 0.15) is 25.8 Å². The Hall–Kier alpha value is -2.30. The summed E-state index contributed by atoms with van der Waals surface area (Å²) in [6, 6.07) is 12.8. The third-order valence-corrected chi connectivity index (χ3v) is 4.41.